The molecule has 1 N–H and O–H groups in total. The Hall–Kier alpha value is -1.82. The molecule has 0 atom stereocenters. The van der Waals surface area contributed by atoms with Crippen LogP contribution < -0.4 is 5.32 Å². The Bertz CT molecular complexity index is 568. The van der Waals surface area contributed by atoms with Gasteiger partial charge in [0.2, 0.25) is 0 Å². The highest BCUT2D eigenvalue weighted by Gasteiger charge is 2.12. The van der Waals surface area contributed by atoms with Crippen LogP contribution in [0.4, 0.5) is 9.39 Å². The number of halogens is 1. The van der Waals surface area contributed by atoms with Gasteiger partial charge in [-0.3, -0.25) is 4.79 Å². The van der Waals surface area contributed by atoms with Gasteiger partial charge in [-0.15, -0.1) is 11.3 Å². The molecule has 0 aliphatic heterocycles. The average Bonchev–Trinajstić information content (AvgIpc) is 2.63. The van der Waals surface area contributed by atoms with E-state index in [2.05, 4.69) is 15.3 Å². The molecule has 0 radical (unpaired) electrons. The predicted molar refractivity (Wildman–Crippen MR) is 63.7 cm³/mol. The molecule has 0 aliphatic rings. The van der Waals surface area contributed by atoms with Crippen LogP contribution in [0, 0.1) is 19.7 Å². The second kappa shape index (κ2) is 4.58. The first kappa shape index (κ1) is 11.7. The van der Waals surface area contributed by atoms with E-state index in [1.54, 1.807) is 13.1 Å². The van der Waals surface area contributed by atoms with Crippen molar-refractivity contribution in [2.24, 2.45) is 0 Å². The number of anilines is 1. The lowest BCUT2D eigenvalue weighted by Crippen LogP contribution is -2.14. The molecule has 2 rings (SSSR count). The van der Waals surface area contributed by atoms with Crippen molar-refractivity contribution in [2.75, 3.05) is 5.32 Å². The molecule has 0 aromatic carbocycles. The minimum atomic E-state index is -0.451. The molecule has 0 saturated heterocycles. The van der Waals surface area contributed by atoms with E-state index in [1.165, 1.54) is 17.4 Å². The van der Waals surface area contributed by atoms with Gasteiger partial charge in [-0.05, 0) is 25.5 Å². The van der Waals surface area contributed by atoms with Gasteiger partial charge in [-0.1, -0.05) is 0 Å². The number of carbonyl (C=O) groups is 1. The van der Waals surface area contributed by atoms with Crippen LogP contribution in [-0.2, 0) is 0 Å². The number of hydrogen-bond donors (Lipinski definition) is 1. The Morgan fingerprint density at radius 2 is 2.12 bits per heavy atom. The summed E-state index contributed by atoms with van der Waals surface area (Å²) in [5, 5.41) is 4.19. The molecule has 2 aromatic heterocycles. The summed E-state index contributed by atoms with van der Waals surface area (Å²) in [6.45, 7) is 3.49. The maximum atomic E-state index is 12.8. The zero-order valence-corrected chi connectivity index (χ0v) is 10.1. The van der Waals surface area contributed by atoms with Crippen LogP contribution in [0.25, 0.3) is 0 Å². The molecular formula is C11H10FN3OS. The van der Waals surface area contributed by atoms with Crippen LogP contribution >= 0.6 is 11.3 Å². The molecule has 88 valence electrons. The summed E-state index contributed by atoms with van der Waals surface area (Å²) in [6.07, 6.45) is 2.61. The Morgan fingerprint density at radius 1 is 1.35 bits per heavy atom. The number of hydrogen-bond acceptors (Lipinski definition) is 4. The zero-order valence-electron chi connectivity index (χ0n) is 9.32. The van der Waals surface area contributed by atoms with E-state index in [-0.39, 0.29) is 11.6 Å². The van der Waals surface area contributed by atoms with E-state index < -0.39 is 5.82 Å². The van der Waals surface area contributed by atoms with Crippen LogP contribution in [0.2, 0.25) is 0 Å². The van der Waals surface area contributed by atoms with Crippen molar-refractivity contribution in [2.45, 2.75) is 13.8 Å². The summed E-state index contributed by atoms with van der Waals surface area (Å²) in [7, 11) is 0. The zero-order chi connectivity index (χ0) is 12.4. The molecule has 1 amide bonds. The van der Waals surface area contributed by atoms with Gasteiger partial charge in [0.25, 0.3) is 5.91 Å². The van der Waals surface area contributed by atoms with Crippen LogP contribution in [0.1, 0.15) is 21.1 Å². The van der Waals surface area contributed by atoms with Gasteiger partial charge in [-0.2, -0.15) is 0 Å². The number of amides is 1. The summed E-state index contributed by atoms with van der Waals surface area (Å²) in [5.41, 5.74) is 0.723. The van der Waals surface area contributed by atoms with Crippen LogP contribution in [0.3, 0.4) is 0 Å². The molecule has 0 unspecified atom stereocenters. The monoisotopic (exact) mass is 251 g/mol. The summed E-state index contributed by atoms with van der Waals surface area (Å²) in [5.74, 6) is -0.807. The largest absolute Gasteiger partial charge is 0.311 e. The number of thiazole rings is 1. The van der Waals surface area contributed by atoms with Gasteiger partial charge in [0.1, 0.15) is 16.5 Å². The molecule has 0 spiro atoms. The fourth-order valence-electron chi connectivity index (χ4n) is 1.37. The molecule has 0 bridgehead atoms. The molecule has 17 heavy (non-hydrogen) atoms. The smallest absolute Gasteiger partial charge is 0.275 e. The molecule has 0 saturated carbocycles. The summed E-state index contributed by atoms with van der Waals surface area (Å²) in [4.78, 5) is 19.6. The van der Waals surface area contributed by atoms with Crippen molar-refractivity contribution >= 4 is 22.2 Å². The van der Waals surface area contributed by atoms with Crippen LogP contribution in [0.15, 0.2) is 18.5 Å². The van der Waals surface area contributed by atoms with Gasteiger partial charge in [0.15, 0.2) is 0 Å². The van der Waals surface area contributed by atoms with Gasteiger partial charge >= 0.3 is 0 Å². The third-order valence-electron chi connectivity index (χ3n) is 2.12. The van der Waals surface area contributed by atoms with E-state index in [4.69, 9.17) is 0 Å². The van der Waals surface area contributed by atoms with Gasteiger partial charge in [-0.25, -0.2) is 14.4 Å². The molecule has 2 heterocycles. The van der Waals surface area contributed by atoms with Gasteiger partial charge in [0, 0.05) is 0 Å². The van der Waals surface area contributed by atoms with Crippen molar-refractivity contribution in [3.63, 3.8) is 0 Å². The fourth-order valence-corrected chi connectivity index (χ4v) is 2.04. The third kappa shape index (κ3) is 2.65. The van der Waals surface area contributed by atoms with E-state index >= 15 is 0 Å². The highest BCUT2D eigenvalue weighted by atomic mass is 32.1. The number of nitrogens with zero attached hydrogens (tertiary/aromatic N) is 2. The van der Waals surface area contributed by atoms with Gasteiger partial charge < -0.3 is 5.32 Å². The van der Waals surface area contributed by atoms with Crippen molar-refractivity contribution in [3.8, 4) is 0 Å². The Kier molecular flexibility index (Phi) is 3.14. The number of pyridine rings is 1. The van der Waals surface area contributed by atoms with E-state index in [1.807, 2.05) is 6.92 Å². The highest BCUT2D eigenvalue weighted by molar-refractivity contribution is 7.15. The van der Waals surface area contributed by atoms with Crippen molar-refractivity contribution in [1.82, 2.24) is 9.97 Å². The molecule has 0 aliphatic carbocycles. The van der Waals surface area contributed by atoms with Crippen molar-refractivity contribution in [3.05, 3.63) is 40.5 Å². The van der Waals surface area contributed by atoms with Crippen LogP contribution in [0.5, 0.6) is 0 Å². The first-order valence-electron chi connectivity index (χ1n) is 4.92. The predicted octanol–water partition coefficient (Wildman–Crippen LogP) is 2.55. The maximum absolute atomic E-state index is 12.8. The fraction of sp³-hybridized carbons (Fsp3) is 0.182. The van der Waals surface area contributed by atoms with E-state index in [9.17, 15) is 9.18 Å². The quantitative estimate of drug-likeness (QED) is 0.892. The lowest BCUT2D eigenvalue weighted by molar-refractivity contribution is 0.102. The first-order valence-corrected chi connectivity index (χ1v) is 5.74. The van der Waals surface area contributed by atoms with E-state index in [0.29, 0.717) is 10.6 Å². The van der Waals surface area contributed by atoms with Crippen LogP contribution in [-0.4, -0.2) is 15.9 Å². The topological polar surface area (TPSA) is 54.9 Å². The lowest BCUT2D eigenvalue weighted by Gasteiger charge is -2.04. The Morgan fingerprint density at radius 3 is 2.71 bits per heavy atom. The second-order valence-corrected chi connectivity index (χ2v) is 4.75. The minimum absolute atomic E-state index is 0.220. The number of nitrogens with one attached hydrogen (secondary N) is 1. The minimum Gasteiger partial charge on any atom is -0.311 e. The first-order chi connectivity index (χ1) is 8.06. The second-order valence-electron chi connectivity index (χ2n) is 3.52. The van der Waals surface area contributed by atoms with E-state index in [0.717, 1.165) is 11.2 Å². The maximum Gasteiger partial charge on any atom is 0.275 e. The lowest BCUT2D eigenvalue weighted by atomic mass is 10.2. The molecule has 0 fully saturated rings. The standard InChI is InChI=1S/C11H10FN3OS/c1-6-3-8(12)4-14-10(6)11(16)15-9-5-13-7(2)17-9/h3-5H,1-2H3,(H,15,16). The number of aryl methyl sites for hydroxylation is 2. The summed E-state index contributed by atoms with van der Waals surface area (Å²) >= 11 is 1.37. The summed E-state index contributed by atoms with van der Waals surface area (Å²) < 4.78 is 12.8. The SMILES string of the molecule is Cc1ncc(NC(=O)c2ncc(F)cc2C)s1. The Balaban J connectivity index is 2.20. The molecule has 4 nitrogen and oxygen atoms in total. The third-order valence-corrected chi connectivity index (χ3v) is 2.95. The Labute approximate surface area is 102 Å². The molecule has 2 aromatic rings. The number of aromatic nitrogens is 2. The average molecular weight is 251 g/mol. The van der Waals surface area contributed by atoms with Gasteiger partial charge in [0.05, 0.1) is 17.4 Å². The van der Waals surface area contributed by atoms with Crippen molar-refractivity contribution in [1.29, 1.82) is 0 Å². The number of carbonyl (C=O) groups excluding carboxylic acids is 1. The normalized spacial score (nSPS) is 10.3. The molecule has 6 heteroatoms. The molecular weight excluding hydrogens is 241 g/mol. The summed E-state index contributed by atoms with van der Waals surface area (Å²) in [6, 6.07) is 1.28. The van der Waals surface area contributed by atoms with Crippen molar-refractivity contribution < 1.29 is 9.18 Å². The number of rotatable bonds is 2. The highest BCUT2D eigenvalue weighted by Crippen LogP contribution is 2.18.